The highest BCUT2D eigenvalue weighted by molar-refractivity contribution is 5.87. The molecule has 3 unspecified atom stereocenters. The topological polar surface area (TPSA) is 26.3 Å². The lowest BCUT2D eigenvalue weighted by Crippen LogP contribution is -2.43. The molecule has 1 aliphatic carbocycles. The standard InChI is InChI=1S/C14H24O2/c1-6-11(4)14(9-7-8-12(14)5)16-13(15)10(2)3/h11-12H,2,6-9H2,1,3-5H3. The normalized spacial score (nSPS) is 31.1. The van der Waals surface area contributed by atoms with Crippen molar-refractivity contribution in [1.29, 1.82) is 0 Å². The molecular formula is C14H24O2. The fraction of sp³-hybridized carbons (Fsp3) is 0.786. The van der Waals surface area contributed by atoms with Crippen LogP contribution in [0.25, 0.3) is 0 Å². The zero-order valence-electron chi connectivity index (χ0n) is 11.0. The van der Waals surface area contributed by atoms with Crippen LogP contribution in [-0.2, 0) is 9.53 Å². The van der Waals surface area contributed by atoms with E-state index in [0.29, 0.717) is 17.4 Å². The number of rotatable bonds is 4. The van der Waals surface area contributed by atoms with Gasteiger partial charge in [0.2, 0.25) is 0 Å². The van der Waals surface area contributed by atoms with Crippen LogP contribution in [-0.4, -0.2) is 11.6 Å². The summed E-state index contributed by atoms with van der Waals surface area (Å²) in [6, 6.07) is 0. The molecule has 2 nitrogen and oxygen atoms in total. The Labute approximate surface area is 99.1 Å². The molecule has 1 saturated carbocycles. The Morgan fingerprint density at radius 1 is 1.62 bits per heavy atom. The predicted octanol–water partition coefficient (Wildman–Crippen LogP) is 3.71. The van der Waals surface area contributed by atoms with E-state index in [-0.39, 0.29) is 11.6 Å². The quantitative estimate of drug-likeness (QED) is 0.537. The summed E-state index contributed by atoms with van der Waals surface area (Å²) >= 11 is 0. The van der Waals surface area contributed by atoms with E-state index in [2.05, 4.69) is 27.4 Å². The molecule has 1 rings (SSSR count). The number of hydrogen-bond acceptors (Lipinski definition) is 2. The van der Waals surface area contributed by atoms with Gasteiger partial charge in [0.1, 0.15) is 5.60 Å². The molecule has 0 aromatic carbocycles. The third-order valence-electron chi connectivity index (χ3n) is 4.12. The average Bonchev–Trinajstić information content (AvgIpc) is 2.60. The van der Waals surface area contributed by atoms with Crippen molar-refractivity contribution < 1.29 is 9.53 Å². The van der Waals surface area contributed by atoms with E-state index >= 15 is 0 Å². The molecule has 92 valence electrons. The smallest absolute Gasteiger partial charge is 0.333 e. The lowest BCUT2D eigenvalue weighted by molar-refractivity contribution is -0.165. The van der Waals surface area contributed by atoms with E-state index in [0.717, 1.165) is 25.7 Å². The molecule has 0 radical (unpaired) electrons. The SMILES string of the molecule is C=C(C)C(=O)OC1(C(C)CC)CCCC1C. The van der Waals surface area contributed by atoms with Crippen molar-refractivity contribution in [2.45, 2.75) is 59.0 Å². The summed E-state index contributed by atoms with van der Waals surface area (Å²) in [4.78, 5) is 11.7. The maximum atomic E-state index is 11.7. The van der Waals surface area contributed by atoms with Crippen LogP contribution in [0.3, 0.4) is 0 Å². The van der Waals surface area contributed by atoms with Crippen LogP contribution in [0, 0.1) is 11.8 Å². The van der Waals surface area contributed by atoms with Gasteiger partial charge >= 0.3 is 5.97 Å². The van der Waals surface area contributed by atoms with Gasteiger partial charge in [0.05, 0.1) is 0 Å². The molecule has 0 saturated heterocycles. The van der Waals surface area contributed by atoms with Crippen molar-refractivity contribution in [2.24, 2.45) is 11.8 Å². The molecule has 0 N–H and O–H groups in total. The van der Waals surface area contributed by atoms with Crippen molar-refractivity contribution >= 4 is 5.97 Å². The first-order valence-corrected chi connectivity index (χ1v) is 6.33. The first-order chi connectivity index (χ1) is 7.44. The Hall–Kier alpha value is -0.790. The number of carbonyl (C=O) groups is 1. The molecule has 2 heteroatoms. The average molecular weight is 224 g/mol. The van der Waals surface area contributed by atoms with Crippen LogP contribution in [0.5, 0.6) is 0 Å². The number of ether oxygens (including phenoxy) is 1. The van der Waals surface area contributed by atoms with Gasteiger partial charge in [-0.25, -0.2) is 4.79 Å². The Morgan fingerprint density at radius 2 is 2.25 bits per heavy atom. The molecule has 1 aliphatic rings. The zero-order valence-corrected chi connectivity index (χ0v) is 11.0. The Bertz CT molecular complexity index is 282. The van der Waals surface area contributed by atoms with Gasteiger partial charge in [0, 0.05) is 5.57 Å². The maximum Gasteiger partial charge on any atom is 0.333 e. The third-order valence-corrected chi connectivity index (χ3v) is 4.12. The minimum atomic E-state index is -0.245. The largest absolute Gasteiger partial charge is 0.455 e. The van der Waals surface area contributed by atoms with Crippen molar-refractivity contribution in [3.05, 3.63) is 12.2 Å². The van der Waals surface area contributed by atoms with Crippen molar-refractivity contribution in [3.8, 4) is 0 Å². The van der Waals surface area contributed by atoms with Crippen molar-refractivity contribution in [2.75, 3.05) is 0 Å². The van der Waals surface area contributed by atoms with Crippen LogP contribution in [0.4, 0.5) is 0 Å². The molecule has 0 bridgehead atoms. The highest BCUT2D eigenvalue weighted by atomic mass is 16.6. The zero-order chi connectivity index (χ0) is 12.3. The van der Waals surface area contributed by atoms with E-state index in [4.69, 9.17) is 4.74 Å². The Kier molecular flexibility index (Phi) is 4.17. The minimum Gasteiger partial charge on any atom is -0.455 e. The van der Waals surface area contributed by atoms with Gasteiger partial charge in [-0.1, -0.05) is 27.4 Å². The minimum absolute atomic E-state index is 0.228. The first kappa shape index (κ1) is 13.3. The highest BCUT2D eigenvalue weighted by Gasteiger charge is 2.47. The van der Waals surface area contributed by atoms with Crippen LogP contribution in [0.1, 0.15) is 53.4 Å². The molecule has 0 amide bonds. The summed E-state index contributed by atoms with van der Waals surface area (Å²) in [5.41, 5.74) is 0.256. The summed E-state index contributed by atoms with van der Waals surface area (Å²) in [5, 5.41) is 0. The molecule has 1 fully saturated rings. The second-order valence-electron chi connectivity index (χ2n) is 5.23. The third kappa shape index (κ3) is 2.31. The summed E-state index contributed by atoms with van der Waals surface area (Å²) in [6.45, 7) is 11.9. The first-order valence-electron chi connectivity index (χ1n) is 6.33. The molecule has 0 aliphatic heterocycles. The number of carbonyl (C=O) groups excluding carboxylic acids is 1. The molecule has 0 heterocycles. The van der Waals surface area contributed by atoms with E-state index in [9.17, 15) is 4.79 Å². The summed E-state index contributed by atoms with van der Waals surface area (Å²) in [5.74, 6) is 0.660. The Morgan fingerprint density at radius 3 is 2.62 bits per heavy atom. The van der Waals surface area contributed by atoms with Crippen LogP contribution in [0.15, 0.2) is 12.2 Å². The van der Waals surface area contributed by atoms with Gasteiger partial charge in [-0.2, -0.15) is 0 Å². The van der Waals surface area contributed by atoms with Crippen LogP contribution >= 0.6 is 0 Å². The van der Waals surface area contributed by atoms with Gasteiger partial charge in [-0.15, -0.1) is 0 Å². The van der Waals surface area contributed by atoms with E-state index in [1.54, 1.807) is 6.92 Å². The molecule has 16 heavy (non-hydrogen) atoms. The number of esters is 1. The van der Waals surface area contributed by atoms with E-state index in [1.165, 1.54) is 0 Å². The molecule has 0 aromatic heterocycles. The van der Waals surface area contributed by atoms with Crippen LogP contribution in [0.2, 0.25) is 0 Å². The summed E-state index contributed by atoms with van der Waals surface area (Å²) in [7, 11) is 0. The van der Waals surface area contributed by atoms with Gasteiger partial charge in [0.15, 0.2) is 0 Å². The van der Waals surface area contributed by atoms with Gasteiger partial charge in [-0.05, 0) is 44.4 Å². The maximum absolute atomic E-state index is 11.7. The Balaban J connectivity index is 2.88. The van der Waals surface area contributed by atoms with Gasteiger partial charge < -0.3 is 4.74 Å². The summed E-state index contributed by atoms with van der Waals surface area (Å²) < 4.78 is 5.79. The van der Waals surface area contributed by atoms with E-state index < -0.39 is 0 Å². The fourth-order valence-electron chi connectivity index (χ4n) is 2.76. The fourth-order valence-corrected chi connectivity index (χ4v) is 2.76. The van der Waals surface area contributed by atoms with Crippen LogP contribution < -0.4 is 0 Å². The predicted molar refractivity (Wildman–Crippen MR) is 66.1 cm³/mol. The summed E-state index contributed by atoms with van der Waals surface area (Å²) in [6.07, 6.45) is 4.37. The second-order valence-corrected chi connectivity index (χ2v) is 5.23. The molecular weight excluding hydrogens is 200 g/mol. The second kappa shape index (κ2) is 5.03. The highest BCUT2D eigenvalue weighted by Crippen LogP contribution is 2.45. The lowest BCUT2D eigenvalue weighted by atomic mass is 9.79. The number of hydrogen-bond donors (Lipinski definition) is 0. The molecule has 3 atom stereocenters. The van der Waals surface area contributed by atoms with E-state index in [1.807, 2.05) is 0 Å². The molecule has 0 spiro atoms. The van der Waals surface area contributed by atoms with Crippen molar-refractivity contribution in [3.63, 3.8) is 0 Å². The van der Waals surface area contributed by atoms with Gasteiger partial charge in [-0.3, -0.25) is 0 Å². The lowest BCUT2D eigenvalue weighted by Gasteiger charge is -2.38. The van der Waals surface area contributed by atoms with Gasteiger partial charge in [0.25, 0.3) is 0 Å². The van der Waals surface area contributed by atoms with Crippen molar-refractivity contribution in [1.82, 2.24) is 0 Å². The monoisotopic (exact) mass is 224 g/mol. The molecule has 0 aromatic rings.